The van der Waals surface area contributed by atoms with Crippen molar-refractivity contribution in [2.24, 2.45) is 0 Å². The van der Waals surface area contributed by atoms with Gasteiger partial charge in [-0.1, -0.05) is 18.5 Å². The molecule has 0 spiro atoms. The van der Waals surface area contributed by atoms with Gasteiger partial charge in [0, 0.05) is 18.8 Å². The molecule has 0 radical (unpaired) electrons. The van der Waals surface area contributed by atoms with Crippen molar-refractivity contribution >= 4 is 5.82 Å². The minimum absolute atomic E-state index is 0.568. The second-order valence-corrected chi connectivity index (χ2v) is 4.22. The summed E-state index contributed by atoms with van der Waals surface area (Å²) in [5.41, 5.74) is 1.07. The molecule has 2 aromatic heterocycles. The van der Waals surface area contributed by atoms with Gasteiger partial charge in [-0.2, -0.15) is 4.98 Å². The van der Waals surface area contributed by atoms with Gasteiger partial charge in [0.05, 0.1) is 6.54 Å². The molecule has 0 saturated heterocycles. The first-order valence-electron chi connectivity index (χ1n) is 6.00. The van der Waals surface area contributed by atoms with E-state index in [4.69, 9.17) is 4.52 Å². The third-order valence-corrected chi connectivity index (χ3v) is 2.56. The lowest BCUT2D eigenvalue weighted by atomic mass is 10.2. The second-order valence-electron chi connectivity index (χ2n) is 4.22. The van der Waals surface area contributed by atoms with E-state index in [1.165, 1.54) is 6.39 Å². The van der Waals surface area contributed by atoms with Gasteiger partial charge in [0.25, 0.3) is 0 Å². The molecule has 6 heteroatoms. The highest BCUT2D eigenvalue weighted by atomic mass is 16.5. The van der Waals surface area contributed by atoms with Crippen molar-refractivity contribution in [3.8, 4) is 0 Å². The average molecular weight is 247 g/mol. The molecule has 96 valence electrons. The molecule has 0 aromatic carbocycles. The molecule has 18 heavy (non-hydrogen) atoms. The molecular formula is C12H17N5O. The number of anilines is 1. The Morgan fingerprint density at radius 2 is 2.17 bits per heavy atom. The Kier molecular flexibility index (Phi) is 3.86. The standard InChI is InChI=1S/C12H17N5O/c1-4-5-10-6-12(15-9(2)14-10)17(3)7-11-13-8-18-16-11/h6,8H,4-5,7H2,1-3H3. The van der Waals surface area contributed by atoms with Crippen LogP contribution >= 0.6 is 0 Å². The molecule has 0 amide bonds. The summed E-state index contributed by atoms with van der Waals surface area (Å²) >= 11 is 0. The Labute approximate surface area is 106 Å². The van der Waals surface area contributed by atoms with Crippen LogP contribution in [-0.2, 0) is 13.0 Å². The molecule has 0 aliphatic heterocycles. The summed E-state index contributed by atoms with van der Waals surface area (Å²) in [6.07, 6.45) is 3.37. The Morgan fingerprint density at radius 3 is 2.83 bits per heavy atom. The molecule has 0 bridgehead atoms. The van der Waals surface area contributed by atoms with E-state index in [0.29, 0.717) is 12.4 Å². The Hall–Kier alpha value is -1.98. The van der Waals surface area contributed by atoms with Crippen LogP contribution < -0.4 is 4.90 Å². The minimum Gasteiger partial charge on any atom is -0.352 e. The first kappa shape index (κ1) is 12.5. The van der Waals surface area contributed by atoms with Crippen LogP contribution in [0.25, 0.3) is 0 Å². The number of rotatable bonds is 5. The van der Waals surface area contributed by atoms with Crippen molar-refractivity contribution in [1.29, 1.82) is 0 Å². The number of aryl methyl sites for hydroxylation is 2. The first-order valence-corrected chi connectivity index (χ1v) is 6.00. The van der Waals surface area contributed by atoms with E-state index in [1.54, 1.807) is 0 Å². The maximum Gasteiger partial charge on any atom is 0.213 e. The topological polar surface area (TPSA) is 67.9 Å². The molecular weight excluding hydrogens is 230 g/mol. The van der Waals surface area contributed by atoms with Crippen LogP contribution in [0.2, 0.25) is 0 Å². The van der Waals surface area contributed by atoms with Crippen molar-refractivity contribution in [2.75, 3.05) is 11.9 Å². The molecule has 2 rings (SSSR count). The predicted molar refractivity (Wildman–Crippen MR) is 67.2 cm³/mol. The highest BCUT2D eigenvalue weighted by Crippen LogP contribution is 2.14. The minimum atomic E-state index is 0.568. The van der Waals surface area contributed by atoms with Gasteiger partial charge < -0.3 is 9.42 Å². The number of hydrogen-bond acceptors (Lipinski definition) is 6. The van der Waals surface area contributed by atoms with Crippen molar-refractivity contribution in [3.63, 3.8) is 0 Å². The summed E-state index contributed by atoms with van der Waals surface area (Å²) in [5.74, 6) is 2.32. The van der Waals surface area contributed by atoms with Crippen molar-refractivity contribution in [3.05, 3.63) is 29.8 Å². The van der Waals surface area contributed by atoms with Gasteiger partial charge >= 0.3 is 0 Å². The molecule has 0 atom stereocenters. The van der Waals surface area contributed by atoms with Crippen LogP contribution in [0.4, 0.5) is 5.82 Å². The smallest absolute Gasteiger partial charge is 0.213 e. The summed E-state index contributed by atoms with van der Waals surface area (Å²) in [5, 5.41) is 3.79. The third kappa shape index (κ3) is 3.03. The molecule has 0 N–H and O–H groups in total. The fourth-order valence-corrected chi connectivity index (χ4v) is 1.75. The zero-order chi connectivity index (χ0) is 13.0. The predicted octanol–water partition coefficient (Wildman–Crippen LogP) is 1.76. The van der Waals surface area contributed by atoms with Crippen LogP contribution in [0.1, 0.15) is 30.7 Å². The molecule has 0 fully saturated rings. The van der Waals surface area contributed by atoms with E-state index in [-0.39, 0.29) is 0 Å². The van der Waals surface area contributed by atoms with Gasteiger partial charge in [0.15, 0.2) is 5.82 Å². The van der Waals surface area contributed by atoms with Crippen LogP contribution in [-0.4, -0.2) is 27.2 Å². The normalized spacial score (nSPS) is 10.6. The molecule has 0 unspecified atom stereocenters. The van der Waals surface area contributed by atoms with Crippen LogP contribution in [0.3, 0.4) is 0 Å². The van der Waals surface area contributed by atoms with Gasteiger partial charge in [0.1, 0.15) is 11.6 Å². The fraction of sp³-hybridized carbons (Fsp3) is 0.500. The monoisotopic (exact) mass is 247 g/mol. The van der Waals surface area contributed by atoms with E-state index in [2.05, 4.69) is 27.0 Å². The molecule has 2 aromatic rings. The quantitative estimate of drug-likeness (QED) is 0.802. The number of aromatic nitrogens is 4. The Morgan fingerprint density at radius 1 is 1.33 bits per heavy atom. The van der Waals surface area contributed by atoms with Gasteiger partial charge in [0.2, 0.25) is 6.39 Å². The molecule has 0 saturated carbocycles. The molecule has 0 aliphatic carbocycles. The van der Waals surface area contributed by atoms with Crippen molar-refractivity contribution in [2.45, 2.75) is 33.2 Å². The van der Waals surface area contributed by atoms with Crippen LogP contribution in [0.5, 0.6) is 0 Å². The maximum atomic E-state index is 4.72. The average Bonchev–Trinajstić information content (AvgIpc) is 2.81. The molecule has 6 nitrogen and oxygen atoms in total. The summed E-state index contributed by atoms with van der Waals surface area (Å²) in [4.78, 5) is 14.8. The zero-order valence-corrected chi connectivity index (χ0v) is 10.9. The molecule has 0 aliphatic rings. The second kappa shape index (κ2) is 5.57. The third-order valence-electron chi connectivity index (χ3n) is 2.56. The lowest BCUT2D eigenvalue weighted by Gasteiger charge is -2.17. The summed E-state index contributed by atoms with van der Waals surface area (Å²) in [6, 6.07) is 2.01. The van der Waals surface area contributed by atoms with E-state index >= 15 is 0 Å². The van der Waals surface area contributed by atoms with E-state index in [0.717, 1.165) is 30.2 Å². The maximum absolute atomic E-state index is 4.72. The van der Waals surface area contributed by atoms with Gasteiger partial charge in [-0.25, -0.2) is 9.97 Å². The SMILES string of the molecule is CCCc1cc(N(C)Cc2ncon2)nc(C)n1. The summed E-state index contributed by atoms with van der Waals surface area (Å²) in [6.45, 7) is 4.61. The van der Waals surface area contributed by atoms with Crippen LogP contribution in [0.15, 0.2) is 17.0 Å². The fourth-order valence-electron chi connectivity index (χ4n) is 1.75. The highest BCUT2D eigenvalue weighted by Gasteiger charge is 2.09. The summed E-state index contributed by atoms with van der Waals surface area (Å²) in [7, 11) is 1.95. The molecule has 2 heterocycles. The van der Waals surface area contributed by atoms with Crippen LogP contribution in [0, 0.1) is 6.92 Å². The van der Waals surface area contributed by atoms with Crippen molar-refractivity contribution in [1.82, 2.24) is 20.1 Å². The van der Waals surface area contributed by atoms with Gasteiger partial charge in [-0.3, -0.25) is 0 Å². The number of hydrogen-bond donors (Lipinski definition) is 0. The van der Waals surface area contributed by atoms with Gasteiger partial charge in [-0.15, -0.1) is 0 Å². The lowest BCUT2D eigenvalue weighted by Crippen LogP contribution is -2.19. The first-order chi connectivity index (χ1) is 8.69. The van der Waals surface area contributed by atoms with Gasteiger partial charge in [-0.05, 0) is 13.3 Å². The van der Waals surface area contributed by atoms with E-state index < -0.39 is 0 Å². The highest BCUT2D eigenvalue weighted by molar-refractivity contribution is 5.38. The number of nitrogens with zero attached hydrogens (tertiary/aromatic N) is 5. The Bertz CT molecular complexity index is 497. The van der Waals surface area contributed by atoms with E-state index in [9.17, 15) is 0 Å². The summed E-state index contributed by atoms with van der Waals surface area (Å²) < 4.78 is 4.72. The Balaban J connectivity index is 2.16. The van der Waals surface area contributed by atoms with Crippen molar-refractivity contribution < 1.29 is 4.52 Å². The largest absolute Gasteiger partial charge is 0.352 e. The van der Waals surface area contributed by atoms with E-state index in [1.807, 2.05) is 24.9 Å². The zero-order valence-electron chi connectivity index (χ0n) is 10.9. The lowest BCUT2D eigenvalue weighted by molar-refractivity contribution is 0.409.